The first-order valence-corrected chi connectivity index (χ1v) is 6.11. The first-order valence-electron chi connectivity index (χ1n) is 4.95. The molecule has 1 fully saturated rings. The minimum Gasteiger partial charge on any atom is -0.356 e. The molecule has 78 valence electrons. The van der Waals surface area contributed by atoms with Gasteiger partial charge >= 0.3 is 0 Å². The van der Waals surface area contributed by atoms with Gasteiger partial charge in [-0.05, 0) is 6.07 Å². The van der Waals surface area contributed by atoms with E-state index in [1.807, 2.05) is 17.8 Å². The second-order valence-electron chi connectivity index (χ2n) is 3.67. The smallest absolute Gasteiger partial charge is 0.248 e. The summed E-state index contributed by atoms with van der Waals surface area (Å²) in [5, 5.41) is 2.90. The van der Waals surface area contributed by atoms with Crippen LogP contribution < -0.4 is 10.2 Å². The van der Waals surface area contributed by atoms with Crippen LogP contribution in [-0.2, 0) is 4.79 Å². The van der Waals surface area contributed by atoms with Crippen molar-refractivity contribution in [3.8, 4) is 0 Å². The highest BCUT2D eigenvalue weighted by Gasteiger charge is 2.34. The molecule has 5 heteroatoms. The van der Waals surface area contributed by atoms with Crippen LogP contribution in [0.1, 0.15) is 0 Å². The monoisotopic (exact) mass is 221 g/mol. The predicted octanol–water partition coefficient (Wildman–Crippen LogP) is 0.956. The van der Waals surface area contributed by atoms with Crippen LogP contribution in [0.3, 0.4) is 0 Å². The van der Waals surface area contributed by atoms with Crippen molar-refractivity contribution in [3.63, 3.8) is 0 Å². The Morgan fingerprint density at radius 2 is 2.53 bits per heavy atom. The maximum Gasteiger partial charge on any atom is 0.248 e. The van der Waals surface area contributed by atoms with E-state index in [-0.39, 0.29) is 11.9 Å². The summed E-state index contributed by atoms with van der Waals surface area (Å²) in [6.07, 6.45) is 3.49. The summed E-state index contributed by atoms with van der Waals surface area (Å²) in [7, 11) is 0. The third-order valence-electron chi connectivity index (χ3n) is 2.80. The molecule has 0 aromatic carbocycles. The molecule has 1 unspecified atom stereocenters. The van der Waals surface area contributed by atoms with Crippen LogP contribution in [0.25, 0.3) is 0 Å². The number of nitrogens with zero attached hydrogens (tertiary/aromatic N) is 2. The van der Waals surface area contributed by atoms with Crippen LogP contribution in [-0.4, -0.2) is 35.0 Å². The fourth-order valence-electron chi connectivity index (χ4n) is 2.06. The van der Waals surface area contributed by atoms with E-state index in [1.165, 1.54) is 0 Å². The molecule has 2 aliphatic rings. The lowest BCUT2D eigenvalue weighted by atomic mass is 10.1. The molecule has 1 aromatic heterocycles. The van der Waals surface area contributed by atoms with Gasteiger partial charge in [-0.1, -0.05) is 0 Å². The highest BCUT2D eigenvalue weighted by atomic mass is 32.2. The standard InChI is InChI=1S/C10H11N3OS/c14-10-9-6-15-4-3-13(9)8-1-2-11-5-7(8)12-10/h1-2,5,9H,3-4,6H2,(H,12,14). The molecule has 1 atom stereocenters. The molecule has 4 nitrogen and oxygen atoms in total. The van der Waals surface area contributed by atoms with Crippen LogP contribution in [0, 0.1) is 0 Å². The molecule has 2 aliphatic heterocycles. The Hall–Kier alpha value is -1.23. The van der Waals surface area contributed by atoms with Crippen molar-refractivity contribution in [1.29, 1.82) is 0 Å². The summed E-state index contributed by atoms with van der Waals surface area (Å²) >= 11 is 1.84. The lowest BCUT2D eigenvalue weighted by molar-refractivity contribution is -0.117. The predicted molar refractivity (Wildman–Crippen MR) is 61.3 cm³/mol. The number of hydrogen-bond donors (Lipinski definition) is 1. The van der Waals surface area contributed by atoms with Gasteiger partial charge < -0.3 is 10.2 Å². The molecule has 0 saturated carbocycles. The van der Waals surface area contributed by atoms with Gasteiger partial charge in [0.2, 0.25) is 5.91 Å². The highest BCUT2D eigenvalue weighted by Crippen LogP contribution is 2.34. The van der Waals surface area contributed by atoms with Gasteiger partial charge in [-0.3, -0.25) is 9.78 Å². The zero-order chi connectivity index (χ0) is 10.3. The van der Waals surface area contributed by atoms with E-state index in [4.69, 9.17) is 0 Å². The van der Waals surface area contributed by atoms with Crippen molar-refractivity contribution in [3.05, 3.63) is 18.5 Å². The van der Waals surface area contributed by atoms with E-state index in [2.05, 4.69) is 15.2 Å². The number of anilines is 2. The summed E-state index contributed by atoms with van der Waals surface area (Å²) in [5.74, 6) is 2.07. The van der Waals surface area contributed by atoms with Gasteiger partial charge in [-0.15, -0.1) is 0 Å². The van der Waals surface area contributed by atoms with Crippen LogP contribution in [0.4, 0.5) is 11.4 Å². The molecule has 0 bridgehead atoms. The molecule has 3 heterocycles. The maximum atomic E-state index is 11.8. The van der Waals surface area contributed by atoms with Gasteiger partial charge in [0.05, 0.1) is 17.6 Å². The Balaban J connectivity index is 2.06. The zero-order valence-electron chi connectivity index (χ0n) is 8.14. The number of amides is 1. The third-order valence-corrected chi connectivity index (χ3v) is 3.82. The lowest BCUT2D eigenvalue weighted by Crippen LogP contribution is -2.52. The minimum atomic E-state index is -0.00125. The van der Waals surface area contributed by atoms with E-state index in [0.29, 0.717) is 0 Å². The van der Waals surface area contributed by atoms with Crippen molar-refractivity contribution in [1.82, 2.24) is 4.98 Å². The number of carbonyl (C=O) groups is 1. The van der Waals surface area contributed by atoms with Gasteiger partial charge in [0.25, 0.3) is 0 Å². The van der Waals surface area contributed by atoms with Crippen LogP contribution in [0.2, 0.25) is 0 Å². The number of thioether (sulfide) groups is 1. The van der Waals surface area contributed by atoms with E-state index in [1.54, 1.807) is 12.4 Å². The highest BCUT2D eigenvalue weighted by molar-refractivity contribution is 7.99. The maximum absolute atomic E-state index is 11.8. The quantitative estimate of drug-likeness (QED) is 0.708. The number of nitrogens with one attached hydrogen (secondary N) is 1. The number of hydrogen-bond acceptors (Lipinski definition) is 4. The molecule has 0 radical (unpaired) electrons. The summed E-state index contributed by atoms with van der Waals surface area (Å²) in [6.45, 7) is 0.944. The van der Waals surface area contributed by atoms with Gasteiger partial charge in [-0.25, -0.2) is 0 Å². The SMILES string of the molecule is O=C1Nc2cnccc2N2CCSCC12. The average molecular weight is 221 g/mol. The van der Waals surface area contributed by atoms with Crippen molar-refractivity contribution < 1.29 is 4.79 Å². The number of pyridine rings is 1. The second-order valence-corrected chi connectivity index (χ2v) is 4.82. The lowest BCUT2D eigenvalue weighted by Gasteiger charge is -2.40. The molecule has 1 aromatic rings. The Kier molecular flexibility index (Phi) is 2.05. The fourth-order valence-corrected chi connectivity index (χ4v) is 3.11. The average Bonchev–Trinajstić information content (AvgIpc) is 2.30. The van der Waals surface area contributed by atoms with Crippen LogP contribution in [0.5, 0.6) is 0 Å². The Bertz CT molecular complexity index is 409. The molecule has 15 heavy (non-hydrogen) atoms. The van der Waals surface area contributed by atoms with Crippen LogP contribution >= 0.6 is 11.8 Å². The van der Waals surface area contributed by atoms with E-state index < -0.39 is 0 Å². The summed E-state index contributed by atoms with van der Waals surface area (Å²) in [5.41, 5.74) is 1.94. The second kappa shape index (κ2) is 3.41. The first-order chi connectivity index (χ1) is 7.36. The molecular weight excluding hydrogens is 210 g/mol. The van der Waals surface area contributed by atoms with Gasteiger partial charge in [0, 0.05) is 24.2 Å². The zero-order valence-corrected chi connectivity index (χ0v) is 8.96. The molecule has 3 rings (SSSR count). The van der Waals surface area contributed by atoms with E-state index >= 15 is 0 Å². The molecular formula is C10H11N3OS. The van der Waals surface area contributed by atoms with Gasteiger partial charge in [-0.2, -0.15) is 11.8 Å². The van der Waals surface area contributed by atoms with Crippen molar-refractivity contribution in [2.24, 2.45) is 0 Å². The van der Waals surface area contributed by atoms with Gasteiger partial charge in [0.15, 0.2) is 0 Å². The third kappa shape index (κ3) is 1.38. The van der Waals surface area contributed by atoms with E-state index in [0.717, 1.165) is 29.4 Å². The number of rotatable bonds is 0. The largest absolute Gasteiger partial charge is 0.356 e. The van der Waals surface area contributed by atoms with Crippen molar-refractivity contribution in [2.75, 3.05) is 28.3 Å². The normalized spacial score (nSPS) is 24.1. The van der Waals surface area contributed by atoms with Crippen molar-refractivity contribution in [2.45, 2.75) is 6.04 Å². The Morgan fingerprint density at radius 1 is 1.60 bits per heavy atom. The summed E-state index contributed by atoms with van der Waals surface area (Å²) in [4.78, 5) is 18.0. The van der Waals surface area contributed by atoms with E-state index in [9.17, 15) is 4.79 Å². The number of fused-ring (bicyclic) bond motifs is 3. The number of carbonyl (C=O) groups excluding carboxylic acids is 1. The topological polar surface area (TPSA) is 45.2 Å². The molecule has 1 N–H and O–H groups in total. The summed E-state index contributed by atoms with van der Waals surface area (Å²) in [6, 6.07) is 1.97. The summed E-state index contributed by atoms with van der Waals surface area (Å²) < 4.78 is 0. The van der Waals surface area contributed by atoms with Crippen LogP contribution in [0.15, 0.2) is 18.5 Å². The fraction of sp³-hybridized carbons (Fsp3) is 0.400. The molecule has 0 aliphatic carbocycles. The van der Waals surface area contributed by atoms with Crippen molar-refractivity contribution >= 4 is 29.0 Å². The van der Waals surface area contributed by atoms with Gasteiger partial charge in [0.1, 0.15) is 6.04 Å². The molecule has 0 spiro atoms. The number of aromatic nitrogens is 1. The molecule has 1 saturated heterocycles. The molecule has 1 amide bonds. The Labute approximate surface area is 92.1 Å². The minimum absolute atomic E-state index is 0.00125. The Morgan fingerprint density at radius 3 is 3.47 bits per heavy atom. The first kappa shape index (κ1) is 9.03.